The summed E-state index contributed by atoms with van der Waals surface area (Å²) in [5.41, 5.74) is 0.718. The van der Waals surface area contributed by atoms with E-state index in [1.165, 1.54) is 0 Å². The Kier molecular flexibility index (Phi) is 4.65. The number of rotatable bonds is 5. The van der Waals surface area contributed by atoms with Gasteiger partial charge >= 0.3 is 5.97 Å². The zero-order valence-corrected chi connectivity index (χ0v) is 14.4. The van der Waals surface area contributed by atoms with Crippen LogP contribution in [-0.2, 0) is 25.5 Å². The summed E-state index contributed by atoms with van der Waals surface area (Å²) in [5, 5.41) is 0. The first kappa shape index (κ1) is 17.3. The number of likely N-dealkylation sites (tertiary alicyclic amines) is 1. The highest BCUT2D eigenvalue weighted by Gasteiger charge is 2.32. The summed E-state index contributed by atoms with van der Waals surface area (Å²) >= 11 is 0. The van der Waals surface area contributed by atoms with Crippen molar-refractivity contribution < 1.29 is 28.6 Å². The van der Waals surface area contributed by atoms with Crippen LogP contribution in [0, 0.1) is 0 Å². The largest absolute Gasteiger partial charge is 0.483 e. The molecule has 0 radical (unpaired) electrons. The zero-order valence-electron chi connectivity index (χ0n) is 14.4. The third-order valence-electron chi connectivity index (χ3n) is 4.13. The van der Waals surface area contributed by atoms with Gasteiger partial charge in [0.2, 0.25) is 5.91 Å². The lowest BCUT2D eigenvalue weighted by Gasteiger charge is -2.18. The van der Waals surface area contributed by atoms with Crippen LogP contribution < -0.4 is 9.47 Å². The summed E-state index contributed by atoms with van der Waals surface area (Å²) < 4.78 is 16.2. The van der Waals surface area contributed by atoms with Crippen LogP contribution in [-0.4, -0.2) is 48.0 Å². The maximum Gasteiger partial charge on any atom is 0.344 e. The second-order valence-corrected chi connectivity index (χ2v) is 6.77. The number of fused-ring (bicyclic) bond motifs is 1. The van der Waals surface area contributed by atoms with Crippen molar-refractivity contribution in [1.29, 1.82) is 0 Å². The SMILES string of the molecule is CC1(C)Cc2cccc(OCC(=O)OCC(=O)N3CCCC3=O)c2O1. The maximum atomic E-state index is 11.8. The van der Waals surface area contributed by atoms with Crippen LogP contribution in [0.5, 0.6) is 11.5 Å². The Morgan fingerprint density at radius 3 is 2.80 bits per heavy atom. The van der Waals surface area contributed by atoms with Crippen LogP contribution in [0.1, 0.15) is 32.3 Å². The highest BCUT2D eigenvalue weighted by Crippen LogP contribution is 2.41. The molecule has 0 aliphatic carbocycles. The van der Waals surface area contributed by atoms with Crippen LogP contribution in [0.4, 0.5) is 0 Å². The Labute approximate surface area is 145 Å². The molecule has 134 valence electrons. The molecule has 0 N–H and O–H groups in total. The lowest BCUT2D eigenvalue weighted by Crippen LogP contribution is -2.35. The number of esters is 1. The molecule has 0 saturated carbocycles. The van der Waals surface area contributed by atoms with E-state index >= 15 is 0 Å². The molecule has 1 fully saturated rings. The fourth-order valence-electron chi connectivity index (χ4n) is 3.01. The number of carbonyl (C=O) groups is 3. The van der Waals surface area contributed by atoms with Crippen LogP contribution in [0.15, 0.2) is 18.2 Å². The predicted octanol–water partition coefficient (Wildman–Crippen LogP) is 1.47. The van der Waals surface area contributed by atoms with Crippen molar-refractivity contribution in [3.8, 4) is 11.5 Å². The number of hydrogen-bond acceptors (Lipinski definition) is 6. The molecule has 1 aromatic rings. The molecule has 0 unspecified atom stereocenters. The van der Waals surface area contributed by atoms with Crippen molar-refractivity contribution in [2.24, 2.45) is 0 Å². The lowest BCUT2D eigenvalue weighted by atomic mass is 10.0. The summed E-state index contributed by atoms with van der Waals surface area (Å²) in [7, 11) is 0. The van der Waals surface area contributed by atoms with E-state index in [4.69, 9.17) is 14.2 Å². The van der Waals surface area contributed by atoms with Crippen molar-refractivity contribution in [3.05, 3.63) is 23.8 Å². The molecule has 7 heteroatoms. The van der Waals surface area contributed by atoms with Gasteiger partial charge in [0.15, 0.2) is 24.7 Å². The number of ether oxygens (including phenoxy) is 3. The molecule has 25 heavy (non-hydrogen) atoms. The predicted molar refractivity (Wildman–Crippen MR) is 87.3 cm³/mol. The summed E-state index contributed by atoms with van der Waals surface area (Å²) in [5.74, 6) is -0.284. The average Bonchev–Trinajstić information content (AvgIpc) is 3.11. The fraction of sp³-hybridized carbons (Fsp3) is 0.500. The first-order valence-electron chi connectivity index (χ1n) is 8.28. The molecular formula is C18H21NO6. The van der Waals surface area contributed by atoms with E-state index in [1.807, 2.05) is 26.0 Å². The minimum absolute atomic E-state index is 0.225. The highest BCUT2D eigenvalue weighted by atomic mass is 16.6. The molecule has 2 aliphatic heterocycles. The van der Waals surface area contributed by atoms with Crippen LogP contribution in [0.3, 0.4) is 0 Å². The number of nitrogens with zero attached hydrogens (tertiary/aromatic N) is 1. The average molecular weight is 347 g/mol. The Hall–Kier alpha value is -2.57. The first-order valence-corrected chi connectivity index (χ1v) is 8.28. The Bertz CT molecular complexity index is 712. The molecule has 2 aliphatic rings. The lowest BCUT2D eigenvalue weighted by molar-refractivity contribution is -0.156. The van der Waals surface area contributed by atoms with Crippen molar-refractivity contribution in [3.63, 3.8) is 0 Å². The molecule has 0 spiro atoms. The third-order valence-corrected chi connectivity index (χ3v) is 4.13. The molecule has 0 atom stereocenters. The zero-order chi connectivity index (χ0) is 18.0. The van der Waals surface area contributed by atoms with E-state index in [2.05, 4.69) is 0 Å². The maximum absolute atomic E-state index is 11.8. The van der Waals surface area contributed by atoms with Gasteiger partial charge in [0.1, 0.15) is 5.60 Å². The Balaban J connectivity index is 1.50. The molecular weight excluding hydrogens is 326 g/mol. The molecule has 3 rings (SSSR count). The summed E-state index contributed by atoms with van der Waals surface area (Å²) in [6, 6.07) is 5.52. The van der Waals surface area contributed by atoms with Crippen molar-refractivity contribution in [2.45, 2.75) is 38.7 Å². The van der Waals surface area contributed by atoms with Crippen LogP contribution in [0.2, 0.25) is 0 Å². The van der Waals surface area contributed by atoms with Crippen molar-refractivity contribution >= 4 is 17.8 Å². The molecule has 0 bridgehead atoms. The van der Waals surface area contributed by atoms with Gasteiger partial charge < -0.3 is 14.2 Å². The standard InChI is InChI=1S/C18H21NO6/c1-18(2)9-12-5-3-6-13(17(12)25-18)23-11-16(22)24-10-15(21)19-8-4-7-14(19)20/h3,5-6H,4,7-11H2,1-2H3. The second-order valence-electron chi connectivity index (χ2n) is 6.77. The van der Waals surface area contributed by atoms with E-state index < -0.39 is 18.5 Å². The van der Waals surface area contributed by atoms with Gasteiger partial charge in [-0.25, -0.2) is 4.79 Å². The minimum atomic E-state index is -0.671. The second kappa shape index (κ2) is 6.74. The summed E-state index contributed by atoms with van der Waals surface area (Å²) in [4.78, 5) is 36.2. The van der Waals surface area contributed by atoms with E-state index in [0.717, 1.165) is 16.9 Å². The monoisotopic (exact) mass is 347 g/mol. The summed E-state index contributed by atoms with van der Waals surface area (Å²) in [6.45, 7) is 3.56. The third kappa shape index (κ3) is 3.92. The number of imide groups is 1. The number of carbonyl (C=O) groups excluding carboxylic acids is 3. The Morgan fingerprint density at radius 1 is 1.28 bits per heavy atom. The minimum Gasteiger partial charge on any atom is -0.483 e. The van der Waals surface area contributed by atoms with Gasteiger partial charge in [0, 0.05) is 24.9 Å². The molecule has 2 heterocycles. The molecule has 7 nitrogen and oxygen atoms in total. The number of hydrogen-bond donors (Lipinski definition) is 0. The first-order chi connectivity index (χ1) is 11.9. The van der Waals surface area contributed by atoms with Crippen molar-refractivity contribution in [2.75, 3.05) is 19.8 Å². The van der Waals surface area contributed by atoms with Crippen LogP contribution >= 0.6 is 0 Å². The number of amides is 2. The molecule has 0 aromatic heterocycles. The van der Waals surface area contributed by atoms with E-state index in [9.17, 15) is 14.4 Å². The van der Waals surface area contributed by atoms with Gasteiger partial charge in [0.05, 0.1) is 0 Å². The van der Waals surface area contributed by atoms with E-state index in [1.54, 1.807) is 6.07 Å². The fourth-order valence-corrected chi connectivity index (χ4v) is 3.01. The van der Waals surface area contributed by atoms with Gasteiger partial charge in [-0.2, -0.15) is 0 Å². The molecule has 2 amide bonds. The van der Waals surface area contributed by atoms with E-state index in [-0.39, 0.29) is 18.1 Å². The molecule has 1 saturated heterocycles. The van der Waals surface area contributed by atoms with Gasteiger partial charge in [-0.3, -0.25) is 14.5 Å². The topological polar surface area (TPSA) is 82.1 Å². The molecule has 1 aromatic carbocycles. The van der Waals surface area contributed by atoms with Gasteiger partial charge in [-0.1, -0.05) is 12.1 Å². The Morgan fingerprint density at radius 2 is 2.08 bits per heavy atom. The normalized spacial score (nSPS) is 17.8. The quantitative estimate of drug-likeness (QED) is 0.750. The van der Waals surface area contributed by atoms with Gasteiger partial charge in [0.25, 0.3) is 5.91 Å². The van der Waals surface area contributed by atoms with Gasteiger partial charge in [-0.15, -0.1) is 0 Å². The van der Waals surface area contributed by atoms with Crippen LogP contribution in [0.25, 0.3) is 0 Å². The smallest absolute Gasteiger partial charge is 0.344 e. The number of benzene rings is 1. The van der Waals surface area contributed by atoms with Gasteiger partial charge in [-0.05, 0) is 26.3 Å². The summed E-state index contributed by atoms with van der Waals surface area (Å²) in [6.07, 6.45) is 1.78. The van der Waals surface area contributed by atoms with Crippen molar-refractivity contribution in [1.82, 2.24) is 4.90 Å². The highest BCUT2D eigenvalue weighted by molar-refractivity contribution is 5.97. The van der Waals surface area contributed by atoms with E-state index in [0.29, 0.717) is 30.9 Å². The number of para-hydroxylation sites is 1.